The largest absolute Gasteiger partial charge is 0.510 e. The van der Waals surface area contributed by atoms with Crippen molar-refractivity contribution in [3.05, 3.63) is 56.6 Å². The average molecular weight is 436 g/mol. The first-order valence-corrected chi connectivity index (χ1v) is 11.4. The quantitative estimate of drug-likeness (QED) is 0.190. The maximum absolute atomic E-state index is 12.6. The molecule has 0 atom stereocenters. The van der Waals surface area contributed by atoms with Crippen molar-refractivity contribution in [3.8, 4) is 6.07 Å². The van der Waals surface area contributed by atoms with Crippen molar-refractivity contribution in [3.63, 3.8) is 0 Å². The number of fused-ring (bicyclic) bond motifs is 4. The van der Waals surface area contributed by atoms with Gasteiger partial charge in [-0.3, -0.25) is 4.79 Å². The normalized spacial score (nSPS) is 14.5. The van der Waals surface area contributed by atoms with E-state index >= 15 is 0 Å². The minimum absolute atomic E-state index is 0.0775. The van der Waals surface area contributed by atoms with Crippen LogP contribution in [0.4, 0.5) is 0 Å². The molecule has 0 radical (unpaired) electrons. The third kappa shape index (κ3) is 3.28. The lowest BCUT2D eigenvalue weighted by atomic mass is 9.97. The van der Waals surface area contributed by atoms with E-state index < -0.39 is 0 Å². The van der Waals surface area contributed by atoms with Gasteiger partial charge in [-0.15, -0.1) is 11.3 Å². The molecule has 0 spiro atoms. The number of nitrogens with one attached hydrogen (secondary N) is 2. The van der Waals surface area contributed by atoms with Crippen molar-refractivity contribution >= 4 is 49.9 Å². The fourth-order valence-electron chi connectivity index (χ4n) is 3.75. The highest BCUT2D eigenvalue weighted by molar-refractivity contribution is 7.99. The summed E-state index contributed by atoms with van der Waals surface area (Å²) in [5.41, 5.74) is 2.60. The number of thioether (sulfide) groups is 1. The van der Waals surface area contributed by atoms with E-state index in [9.17, 15) is 15.2 Å². The number of nitriles is 1. The Balaban J connectivity index is 1.43. The van der Waals surface area contributed by atoms with Crippen LogP contribution >= 0.6 is 23.1 Å². The van der Waals surface area contributed by atoms with E-state index in [1.165, 1.54) is 16.6 Å². The number of nitrogens with zero attached hydrogens (tertiary/aromatic N) is 3. The van der Waals surface area contributed by atoms with Gasteiger partial charge in [-0.1, -0.05) is 23.9 Å². The van der Waals surface area contributed by atoms with E-state index in [0.717, 1.165) is 47.1 Å². The van der Waals surface area contributed by atoms with Crippen molar-refractivity contribution in [1.82, 2.24) is 19.9 Å². The molecule has 5 rings (SSSR count). The van der Waals surface area contributed by atoms with Crippen LogP contribution in [-0.4, -0.2) is 30.8 Å². The van der Waals surface area contributed by atoms with Gasteiger partial charge < -0.3 is 15.1 Å². The minimum atomic E-state index is -0.136. The molecule has 3 N–H and O–H groups in total. The van der Waals surface area contributed by atoms with E-state index in [1.54, 1.807) is 11.3 Å². The molecule has 4 aromatic rings. The van der Waals surface area contributed by atoms with E-state index in [-0.39, 0.29) is 22.6 Å². The van der Waals surface area contributed by atoms with E-state index in [4.69, 9.17) is 0 Å². The van der Waals surface area contributed by atoms with Gasteiger partial charge in [0.25, 0.3) is 5.56 Å². The molecule has 3 heterocycles. The number of rotatable bonds is 4. The number of H-pyrrole nitrogens is 2. The summed E-state index contributed by atoms with van der Waals surface area (Å²) in [4.78, 5) is 29.5. The first-order chi connectivity index (χ1) is 14.6. The number of thiophene rings is 1. The lowest BCUT2D eigenvalue weighted by Crippen LogP contribution is -2.11. The van der Waals surface area contributed by atoms with E-state index in [0.29, 0.717) is 16.4 Å². The number of hydrogen-bond donors (Lipinski definition) is 3. The number of aromatic nitrogens is 4. The van der Waals surface area contributed by atoms with Crippen LogP contribution in [0.25, 0.3) is 26.8 Å². The van der Waals surface area contributed by atoms with Crippen LogP contribution in [0.15, 0.2) is 40.0 Å². The van der Waals surface area contributed by atoms with Gasteiger partial charge in [0.1, 0.15) is 22.2 Å². The van der Waals surface area contributed by atoms with Crippen LogP contribution in [0.2, 0.25) is 0 Å². The maximum atomic E-state index is 12.6. The average Bonchev–Trinajstić information content (AvgIpc) is 3.34. The zero-order valence-electron chi connectivity index (χ0n) is 15.9. The topological polar surface area (TPSA) is 118 Å². The Kier molecular flexibility index (Phi) is 4.81. The molecule has 9 heteroatoms. The zero-order chi connectivity index (χ0) is 20.7. The summed E-state index contributed by atoms with van der Waals surface area (Å²) in [6.45, 7) is 0. The van der Waals surface area contributed by atoms with Crippen LogP contribution < -0.4 is 5.56 Å². The van der Waals surface area contributed by atoms with E-state index in [1.807, 2.05) is 30.3 Å². The van der Waals surface area contributed by atoms with E-state index in [2.05, 4.69) is 19.9 Å². The second-order valence-electron chi connectivity index (χ2n) is 7.09. The Morgan fingerprint density at radius 3 is 2.90 bits per heavy atom. The van der Waals surface area contributed by atoms with Crippen LogP contribution in [-0.2, 0) is 12.8 Å². The highest BCUT2D eigenvalue weighted by Gasteiger charge is 2.20. The van der Waals surface area contributed by atoms with Crippen LogP contribution in [0.3, 0.4) is 0 Å². The molecule has 1 aromatic carbocycles. The van der Waals surface area contributed by atoms with Gasteiger partial charge >= 0.3 is 0 Å². The third-order valence-electron chi connectivity index (χ3n) is 5.18. The first kappa shape index (κ1) is 18.9. The molecule has 0 saturated heterocycles. The predicted octanol–water partition coefficient (Wildman–Crippen LogP) is 4.32. The van der Waals surface area contributed by atoms with Crippen LogP contribution in [0.5, 0.6) is 0 Å². The number of aromatic amines is 2. The molecule has 0 amide bonds. The fraction of sp³-hybridized carbons (Fsp3) is 0.238. The molecule has 3 aromatic heterocycles. The summed E-state index contributed by atoms with van der Waals surface area (Å²) >= 11 is 2.77. The minimum Gasteiger partial charge on any atom is -0.510 e. The molecule has 0 fully saturated rings. The van der Waals surface area contributed by atoms with Gasteiger partial charge in [-0.25, -0.2) is 9.97 Å². The predicted molar refractivity (Wildman–Crippen MR) is 119 cm³/mol. The summed E-state index contributed by atoms with van der Waals surface area (Å²) in [6.07, 6.45) is 4.19. The molecule has 0 bridgehead atoms. The molecular weight excluding hydrogens is 418 g/mol. The number of aliphatic hydroxyl groups excluding tert-OH is 1. The third-order valence-corrected chi connectivity index (χ3v) is 7.25. The number of imidazole rings is 1. The van der Waals surface area contributed by atoms with Crippen molar-refractivity contribution in [2.24, 2.45) is 0 Å². The molecule has 0 unspecified atom stereocenters. The van der Waals surface area contributed by atoms with Gasteiger partial charge in [-0.2, -0.15) is 5.26 Å². The Labute approximate surface area is 179 Å². The fourth-order valence-corrected chi connectivity index (χ4v) is 5.81. The maximum Gasteiger partial charge on any atom is 0.260 e. The van der Waals surface area contributed by atoms with Crippen molar-refractivity contribution in [2.75, 3.05) is 5.75 Å². The number of hydrogen-bond acceptors (Lipinski definition) is 7. The standard InChI is InChI=1S/C21H17N5O2S2/c22-9-12(18-23-13-6-2-3-7-14(13)24-18)15(27)10-29-21-25-19(28)17-11-5-1-4-8-16(11)30-20(17)26-21/h2-3,6-7,27H,1,4-5,8,10H2,(H,23,24)(H,25,26,28)/b15-12-. The molecule has 1 aliphatic carbocycles. The first-order valence-electron chi connectivity index (χ1n) is 9.58. The summed E-state index contributed by atoms with van der Waals surface area (Å²) in [6, 6.07) is 9.45. The molecule has 30 heavy (non-hydrogen) atoms. The highest BCUT2D eigenvalue weighted by atomic mass is 32.2. The monoisotopic (exact) mass is 435 g/mol. The number of allylic oxidation sites excluding steroid dienone is 1. The zero-order valence-corrected chi connectivity index (χ0v) is 17.5. The number of para-hydroxylation sites is 2. The smallest absolute Gasteiger partial charge is 0.260 e. The molecule has 0 aliphatic heterocycles. The van der Waals surface area contributed by atoms with Gasteiger partial charge in [0.2, 0.25) is 0 Å². The Bertz CT molecular complexity index is 1370. The Morgan fingerprint density at radius 1 is 1.23 bits per heavy atom. The van der Waals surface area contributed by atoms with Crippen molar-refractivity contribution in [2.45, 2.75) is 30.8 Å². The number of benzene rings is 1. The SMILES string of the molecule is N#C/C(=C(/O)CSc1nc2sc3c(c2c(=O)[nH]1)CCCC3)c1nc2ccccc2[nH]1. The second-order valence-corrected chi connectivity index (χ2v) is 9.13. The second kappa shape index (κ2) is 7.63. The number of aryl methyl sites for hydroxylation is 2. The van der Waals surface area contributed by atoms with Gasteiger partial charge in [0.05, 0.1) is 22.2 Å². The summed E-state index contributed by atoms with van der Waals surface area (Å²) in [7, 11) is 0. The highest BCUT2D eigenvalue weighted by Crippen LogP contribution is 2.34. The number of aliphatic hydroxyl groups is 1. The summed E-state index contributed by atoms with van der Waals surface area (Å²) < 4.78 is 0. The molecule has 1 aliphatic rings. The van der Waals surface area contributed by atoms with Gasteiger partial charge in [0, 0.05) is 4.88 Å². The van der Waals surface area contributed by atoms with Crippen molar-refractivity contribution < 1.29 is 5.11 Å². The Hall–Kier alpha value is -3.09. The molecule has 150 valence electrons. The van der Waals surface area contributed by atoms with Crippen LogP contribution in [0, 0.1) is 11.3 Å². The molecular formula is C21H17N5O2S2. The molecule has 7 nitrogen and oxygen atoms in total. The Morgan fingerprint density at radius 2 is 2.07 bits per heavy atom. The van der Waals surface area contributed by atoms with Crippen LogP contribution in [0.1, 0.15) is 29.1 Å². The lowest BCUT2D eigenvalue weighted by Gasteiger charge is -2.09. The molecule has 0 saturated carbocycles. The van der Waals surface area contributed by atoms with Gasteiger partial charge in [-0.05, 0) is 43.4 Å². The van der Waals surface area contributed by atoms with Gasteiger partial charge in [0.15, 0.2) is 11.0 Å². The summed E-state index contributed by atoms with van der Waals surface area (Å²) in [5, 5.41) is 21.2. The lowest BCUT2D eigenvalue weighted by molar-refractivity contribution is 0.420. The summed E-state index contributed by atoms with van der Waals surface area (Å²) in [5.74, 6) is 0.300. The van der Waals surface area contributed by atoms with Crippen molar-refractivity contribution in [1.29, 1.82) is 5.26 Å².